The molecular weight excluding hydrogens is 244 g/mol. The monoisotopic (exact) mass is 264 g/mol. The van der Waals surface area contributed by atoms with Crippen LogP contribution in [0.1, 0.15) is 32.6 Å². The maximum absolute atomic E-state index is 11.1. The third-order valence-corrected chi connectivity index (χ3v) is 3.31. The van der Waals surface area contributed by atoms with Gasteiger partial charge < -0.3 is 10.2 Å². The van der Waals surface area contributed by atoms with E-state index in [1.807, 2.05) is 11.8 Å². The van der Waals surface area contributed by atoms with Gasteiger partial charge in [-0.25, -0.2) is 4.98 Å². The molecule has 0 saturated carbocycles. The van der Waals surface area contributed by atoms with E-state index in [1.54, 1.807) is 12.1 Å². The molecule has 1 aromatic heterocycles. The van der Waals surface area contributed by atoms with Crippen LogP contribution in [0.4, 0.5) is 17.3 Å². The molecule has 0 aromatic carbocycles. The van der Waals surface area contributed by atoms with Crippen LogP contribution >= 0.6 is 0 Å². The first-order chi connectivity index (χ1) is 9.22. The van der Waals surface area contributed by atoms with Crippen molar-refractivity contribution in [3.05, 3.63) is 22.2 Å². The minimum absolute atomic E-state index is 0.101. The molecule has 0 spiro atoms. The average molecular weight is 264 g/mol. The van der Waals surface area contributed by atoms with E-state index in [0.29, 0.717) is 11.6 Å². The molecule has 6 heteroatoms. The van der Waals surface area contributed by atoms with Crippen molar-refractivity contribution in [1.29, 1.82) is 0 Å². The summed E-state index contributed by atoms with van der Waals surface area (Å²) in [6.45, 7) is 4.44. The molecule has 1 aliphatic rings. The van der Waals surface area contributed by atoms with E-state index in [-0.39, 0.29) is 10.6 Å². The maximum Gasteiger partial charge on any atom is 0.311 e. The molecule has 6 nitrogen and oxygen atoms in total. The minimum Gasteiger partial charge on any atom is -0.370 e. The van der Waals surface area contributed by atoms with E-state index in [1.165, 1.54) is 12.8 Å². The van der Waals surface area contributed by atoms with Gasteiger partial charge in [-0.1, -0.05) is 12.8 Å². The Morgan fingerprint density at radius 2 is 2.00 bits per heavy atom. The van der Waals surface area contributed by atoms with Crippen molar-refractivity contribution < 1.29 is 4.92 Å². The largest absolute Gasteiger partial charge is 0.370 e. The Morgan fingerprint density at radius 3 is 2.58 bits per heavy atom. The average Bonchev–Trinajstić information content (AvgIpc) is 2.67. The summed E-state index contributed by atoms with van der Waals surface area (Å²) in [5.74, 6) is 1.21. The second kappa shape index (κ2) is 6.36. The lowest BCUT2D eigenvalue weighted by Gasteiger charge is -2.21. The highest BCUT2D eigenvalue weighted by Gasteiger charge is 2.22. The lowest BCUT2D eigenvalue weighted by atomic mass is 10.2. The third kappa shape index (κ3) is 3.33. The molecule has 2 heterocycles. The van der Waals surface area contributed by atoms with Crippen molar-refractivity contribution in [2.24, 2.45) is 0 Å². The van der Waals surface area contributed by atoms with Crippen molar-refractivity contribution in [2.75, 3.05) is 29.9 Å². The first kappa shape index (κ1) is 13.6. The Bertz CT molecular complexity index is 442. The molecule has 19 heavy (non-hydrogen) atoms. The molecule has 0 radical (unpaired) electrons. The fraction of sp³-hybridized carbons (Fsp3) is 0.615. The highest BCUT2D eigenvalue weighted by Crippen LogP contribution is 2.29. The van der Waals surface area contributed by atoms with Crippen LogP contribution in [0, 0.1) is 10.1 Å². The summed E-state index contributed by atoms with van der Waals surface area (Å²) in [6, 6.07) is 3.22. The fourth-order valence-electron chi connectivity index (χ4n) is 2.38. The molecule has 1 fully saturated rings. The molecular formula is C13H20N4O2. The third-order valence-electron chi connectivity index (χ3n) is 3.31. The second-order valence-electron chi connectivity index (χ2n) is 4.73. The fourth-order valence-corrected chi connectivity index (χ4v) is 2.38. The number of nitrogens with zero attached hydrogens (tertiary/aromatic N) is 3. The number of nitrogens with one attached hydrogen (secondary N) is 1. The van der Waals surface area contributed by atoms with Crippen molar-refractivity contribution >= 4 is 17.3 Å². The van der Waals surface area contributed by atoms with Crippen LogP contribution in [-0.2, 0) is 0 Å². The first-order valence-corrected chi connectivity index (χ1v) is 6.86. The first-order valence-electron chi connectivity index (χ1n) is 6.86. The number of nitro groups is 1. The highest BCUT2D eigenvalue weighted by molar-refractivity contribution is 5.61. The van der Waals surface area contributed by atoms with Gasteiger partial charge >= 0.3 is 5.69 Å². The van der Waals surface area contributed by atoms with Crippen LogP contribution in [0.15, 0.2) is 12.1 Å². The number of anilines is 2. The summed E-state index contributed by atoms with van der Waals surface area (Å²) < 4.78 is 0. The maximum atomic E-state index is 11.1. The highest BCUT2D eigenvalue weighted by atomic mass is 16.6. The minimum atomic E-state index is -0.344. The number of hydrogen-bond donors (Lipinski definition) is 1. The summed E-state index contributed by atoms with van der Waals surface area (Å²) in [5.41, 5.74) is 0.101. The topological polar surface area (TPSA) is 71.3 Å². The molecule has 1 N–H and O–H groups in total. The molecule has 1 saturated heterocycles. The number of rotatable bonds is 4. The molecule has 0 unspecified atom stereocenters. The Labute approximate surface area is 113 Å². The number of aromatic nitrogens is 1. The van der Waals surface area contributed by atoms with Crippen LogP contribution in [-0.4, -0.2) is 29.5 Å². The zero-order valence-electron chi connectivity index (χ0n) is 11.3. The number of pyridine rings is 1. The van der Waals surface area contributed by atoms with Gasteiger partial charge in [0.05, 0.1) is 4.92 Å². The van der Waals surface area contributed by atoms with E-state index >= 15 is 0 Å². The summed E-state index contributed by atoms with van der Waals surface area (Å²) >= 11 is 0. The van der Waals surface area contributed by atoms with Gasteiger partial charge in [0.25, 0.3) is 0 Å². The van der Waals surface area contributed by atoms with Crippen LogP contribution in [0.25, 0.3) is 0 Å². The van der Waals surface area contributed by atoms with E-state index < -0.39 is 0 Å². The van der Waals surface area contributed by atoms with Crippen LogP contribution < -0.4 is 10.2 Å². The summed E-state index contributed by atoms with van der Waals surface area (Å²) in [5, 5.41) is 14.2. The Kier molecular flexibility index (Phi) is 4.54. The Balaban J connectivity index is 2.32. The standard InChI is InChI=1S/C13H20N4O2/c1-2-14-12-8-7-11(17(18)19)13(15-12)16-9-5-3-4-6-10-16/h7-8H,2-6,9-10H2,1H3,(H,14,15). The van der Waals surface area contributed by atoms with Gasteiger partial charge in [-0.15, -0.1) is 0 Å². The van der Waals surface area contributed by atoms with Gasteiger partial charge in [-0.2, -0.15) is 0 Å². The van der Waals surface area contributed by atoms with Crippen molar-refractivity contribution in [3.63, 3.8) is 0 Å². The van der Waals surface area contributed by atoms with Crippen molar-refractivity contribution in [1.82, 2.24) is 4.98 Å². The smallest absolute Gasteiger partial charge is 0.311 e. The lowest BCUT2D eigenvalue weighted by Crippen LogP contribution is -2.26. The SMILES string of the molecule is CCNc1ccc([N+](=O)[O-])c(N2CCCCCC2)n1. The quantitative estimate of drug-likeness (QED) is 0.668. The second-order valence-corrected chi connectivity index (χ2v) is 4.73. The summed E-state index contributed by atoms with van der Waals surface area (Å²) in [4.78, 5) is 17.3. The molecule has 104 valence electrons. The van der Waals surface area contributed by atoms with Crippen molar-refractivity contribution in [2.45, 2.75) is 32.6 Å². The van der Waals surface area contributed by atoms with E-state index in [0.717, 1.165) is 32.5 Å². The zero-order valence-corrected chi connectivity index (χ0v) is 11.3. The van der Waals surface area contributed by atoms with Gasteiger partial charge in [0, 0.05) is 25.7 Å². The van der Waals surface area contributed by atoms with Gasteiger partial charge in [0.15, 0.2) is 0 Å². The molecule has 0 amide bonds. The van der Waals surface area contributed by atoms with Gasteiger partial charge in [0.1, 0.15) is 5.82 Å². The molecule has 1 aliphatic heterocycles. The van der Waals surface area contributed by atoms with Crippen molar-refractivity contribution in [3.8, 4) is 0 Å². The van der Waals surface area contributed by atoms with Crippen LogP contribution in [0.2, 0.25) is 0 Å². The molecule has 2 rings (SSSR count). The molecule has 0 atom stereocenters. The van der Waals surface area contributed by atoms with Crippen LogP contribution in [0.5, 0.6) is 0 Å². The van der Waals surface area contributed by atoms with Gasteiger partial charge in [-0.3, -0.25) is 10.1 Å². The Morgan fingerprint density at radius 1 is 1.32 bits per heavy atom. The predicted molar refractivity (Wildman–Crippen MR) is 75.7 cm³/mol. The summed E-state index contributed by atoms with van der Waals surface area (Å²) in [7, 11) is 0. The lowest BCUT2D eigenvalue weighted by molar-refractivity contribution is -0.384. The molecule has 0 bridgehead atoms. The molecule has 1 aromatic rings. The number of hydrogen-bond acceptors (Lipinski definition) is 5. The van der Waals surface area contributed by atoms with Gasteiger partial charge in [0.2, 0.25) is 5.82 Å². The molecule has 0 aliphatic carbocycles. The summed E-state index contributed by atoms with van der Waals surface area (Å²) in [6.07, 6.45) is 4.53. The van der Waals surface area contributed by atoms with Crippen LogP contribution in [0.3, 0.4) is 0 Å². The predicted octanol–water partition coefficient (Wildman–Crippen LogP) is 2.80. The zero-order chi connectivity index (χ0) is 13.7. The van der Waals surface area contributed by atoms with E-state index in [4.69, 9.17) is 0 Å². The van der Waals surface area contributed by atoms with E-state index in [2.05, 4.69) is 10.3 Å². The Hall–Kier alpha value is -1.85. The van der Waals surface area contributed by atoms with E-state index in [9.17, 15) is 10.1 Å². The normalized spacial score (nSPS) is 15.9. The van der Waals surface area contributed by atoms with Gasteiger partial charge in [-0.05, 0) is 25.8 Å².